The van der Waals surface area contributed by atoms with Crippen molar-refractivity contribution >= 4 is 0 Å². The van der Waals surface area contributed by atoms with Crippen molar-refractivity contribution in [3.05, 3.63) is 23.8 Å². The number of hydrogen-bond donors (Lipinski definition) is 1. The Balaban J connectivity index is 1.84. The zero-order valence-electron chi connectivity index (χ0n) is 10.7. The Morgan fingerprint density at radius 2 is 2.11 bits per heavy atom. The van der Waals surface area contributed by atoms with Crippen LogP contribution in [0.5, 0.6) is 11.5 Å². The average molecular weight is 252 g/mol. The first-order valence-electron chi connectivity index (χ1n) is 6.39. The fourth-order valence-corrected chi connectivity index (χ4v) is 2.17. The number of aryl methyl sites for hydroxylation is 1. The Labute approximate surface area is 107 Å². The summed E-state index contributed by atoms with van der Waals surface area (Å²) in [5.41, 5.74) is 1.02. The number of aromatic hydroxyl groups is 1. The van der Waals surface area contributed by atoms with Crippen LogP contribution in [0.2, 0.25) is 0 Å². The van der Waals surface area contributed by atoms with Gasteiger partial charge < -0.3 is 19.3 Å². The zero-order valence-corrected chi connectivity index (χ0v) is 10.7. The van der Waals surface area contributed by atoms with Gasteiger partial charge in [-0.2, -0.15) is 0 Å². The molecule has 0 bridgehead atoms. The van der Waals surface area contributed by atoms with Crippen LogP contribution in [0.4, 0.5) is 0 Å². The molecule has 0 aliphatic carbocycles. The first-order valence-corrected chi connectivity index (χ1v) is 6.39. The summed E-state index contributed by atoms with van der Waals surface area (Å²) in [6, 6.07) is 5.44. The van der Waals surface area contributed by atoms with Crippen molar-refractivity contribution < 1.29 is 19.3 Å². The lowest BCUT2D eigenvalue weighted by Crippen LogP contribution is -2.24. The molecular weight excluding hydrogens is 232 g/mol. The highest BCUT2D eigenvalue weighted by Crippen LogP contribution is 2.30. The van der Waals surface area contributed by atoms with Crippen LogP contribution in [0.15, 0.2) is 18.2 Å². The number of ether oxygens (including phenoxy) is 3. The van der Waals surface area contributed by atoms with Crippen LogP contribution in [0.3, 0.4) is 0 Å². The van der Waals surface area contributed by atoms with Crippen molar-refractivity contribution in [2.24, 2.45) is 0 Å². The molecule has 1 aromatic carbocycles. The van der Waals surface area contributed by atoms with Gasteiger partial charge in [-0.1, -0.05) is 12.1 Å². The van der Waals surface area contributed by atoms with E-state index >= 15 is 0 Å². The van der Waals surface area contributed by atoms with E-state index < -0.39 is 0 Å². The van der Waals surface area contributed by atoms with E-state index in [4.69, 9.17) is 14.2 Å². The van der Waals surface area contributed by atoms with Gasteiger partial charge in [-0.05, 0) is 37.3 Å². The van der Waals surface area contributed by atoms with E-state index in [1.807, 2.05) is 12.1 Å². The topological polar surface area (TPSA) is 47.9 Å². The van der Waals surface area contributed by atoms with E-state index in [1.54, 1.807) is 13.2 Å². The van der Waals surface area contributed by atoms with Crippen molar-refractivity contribution in [3.63, 3.8) is 0 Å². The first kappa shape index (κ1) is 13.2. The Morgan fingerprint density at radius 1 is 1.33 bits per heavy atom. The first-order chi connectivity index (χ1) is 8.81. The molecule has 0 atom stereocenters. The van der Waals surface area contributed by atoms with Crippen LogP contribution in [0.1, 0.15) is 24.8 Å². The fourth-order valence-electron chi connectivity index (χ4n) is 2.17. The molecule has 0 unspecified atom stereocenters. The van der Waals surface area contributed by atoms with E-state index in [2.05, 4.69) is 0 Å². The monoisotopic (exact) mass is 252 g/mol. The molecule has 18 heavy (non-hydrogen) atoms. The number of rotatable bonds is 5. The summed E-state index contributed by atoms with van der Waals surface area (Å²) in [5, 5.41) is 9.67. The number of phenols is 1. The smallest absolute Gasteiger partial charge is 0.163 e. The summed E-state index contributed by atoms with van der Waals surface area (Å²) >= 11 is 0. The predicted octanol–water partition coefficient (Wildman–Crippen LogP) is 2.49. The molecule has 1 N–H and O–H groups in total. The minimum atomic E-state index is -0.0675. The van der Waals surface area contributed by atoms with Crippen LogP contribution in [-0.4, -0.2) is 31.7 Å². The van der Waals surface area contributed by atoms with Gasteiger partial charge in [-0.25, -0.2) is 0 Å². The molecule has 0 spiro atoms. The molecular formula is C14H20O4. The minimum absolute atomic E-state index is 0.0675. The molecule has 0 saturated carbocycles. The minimum Gasteiger partial charge on any atom is -0.504 e. The van der Waals surface area contributed by atoms with Crippen molar-refractivity contribution in [1.29, 1.82) is 0 Å². The van der Waals surface area contributed by atoms with Gasteiger partial charge in [-0.15, -0.1) is 0 Å². The molecule has 4 heteroatoms. The summed E-state index contributed by atoms with van der Waals surface area (Å²) in [4.78, 5) is 0. The molecule has 1 fully saturated rings. The second-order valence-electron chi connectivity index (χ2n) is 4.39. The average Bonchev–Trinajstić information content (AvgIpc) is 2.40. The number of para-hydroxylation sites is 1. The number of methoxy groups -OCH3 is 1. The van der Waals surface area contributed by atoms with Gasteiger partial charge in [0.1, 0.15) is 0 Å². The molecule has 1 aliphatic rings. The molecule has 1 aromatic rings. The summed E-state index contributed by atoms with van der Waals surface area (Å²) in [6.45, 7) is 1.58. The van der Waals surface area contributed by atoms with Crippen LogP contribution in [0.25, 0.3) is 0 Å². The summed E-state index contributed by atoms with van der Waals surface area (Å²) in [5.74, 6) is 0.767. The van der Waals surface area contributed by atoms with Crippen molar-refractivity contribution in [1.82, 2.24) is 0 Å². The second-order valence-corrected chi connectivity index (χ2v) is 4.39. The molecule has 1 aliphatic heterocycles. The van der Waals surface area contributed by atoms with Gasteiger partial charge in [-0.3, -0.25) is 0 Å². The van der Waals surface area contributed by atoms with Gasteiger partial charge in [0.2, 0.25) is 0 Å². The highest BCUT2D eigenvalue weighted by Gasteiger charge is 2.14. The molecule has 1 saturated heterocycles. The molecule has 0 aromatic heterocycles. The van der Waals surface area contributed by atoms with Crippen LogP contribution in [-0.2, 0) is 15.9 Å². The zero-order chi connectivity index (χ0) is 12.8. The van der Waals surface area contributed by atoms with E-state index in [0.717, 1.165) is 44.5 Å². The molecule has 4 nitrogen and oxygen atoms in total. The van der Waals surface area contributed by atoms with Crippen LogP contribution < -0.4 is 4.74 Å². The molecule has 2 rings (SSSR count). The maximum Gasteiger partial charge on any atom is 0.163 e. The van der Waals surface area contributed by atoms with Gasteiger partial charge in [0, 0.05) is 0 Å². The number of phenolic OH excluding ortho intramolecular Hbond substituents is 1. The Kier molecular flexibility index (Phi) is 4.84. The molecule has 1 heterocycles. The highest BCUT2D eigenvalue weighted by molar-refractivity contribution is 5.45. The second kappa shape index (κ2) is 6.61. The van der Waals surface area contributed by atoms with Crippen molar-refractivity contribution in [2.75, 3.05) is 20.3 Å². The third-order valence-electron chi connectivity index (χ3n) is 3.06. The maximum atomic E-state index is 9.67. The quantitative estimate of drug-likeness (QED) is 0.874. The van der Waals surface area contributed by atoms with Crippen molar-refractivity contribution in [3.8, 4) is 11.5 Å². The molecule has 100 valence electrons. The summed E-state index contributed by atoms with van der Waals surface area (Å²) in [6.07, 6.45) is 3.59. The third-order valence-corrected chi connectivity index (χ3v) is 3.06. The Bertz CT molecular complexity index is 372. The molecule has 0 radical (unpaired) electrons. The lowest BCUT2D eigenvalue weighted by molar-refractivity contribution is -0.181. The molecule has 0 amide bonds. The summed E-state index contributed by atoms with van der Waals surface area (Å²) in [7, 11) is 1.58. The fraction of sp³-hybridized carbons (Fsp3) is 0.571. The van der Waals surface area contributed by atoms with Crippen LogP contribution >= 0.6 is 0 Å². The van der Waals surface area contributed by atoms with Gasteiger partial charge in [0.15, 0.2) is 17.8 Å². The van der Waals surface area contributed by atoms with Crippen LogP contribution in [0, 0.1) is 0 Å². The predicted molar refractivity (Wildman–Crippen MR) is 67.9 cm³/mol. The number of benzene rings is 1. The lowest BCUT2D eigenvalue weighted by atomic mass is 10.1. The highest BCUT2D eigenvalue weighted by atomic mass is 16.7. The number of hydrogen-bond acceptors (Lipinski definition) is 4. The third kappa shape index (κ3) is 3.37. The summed E-state index contributed by atoms with van der Waals surface area (Å²) < 4.78 is 16.2. The van der Waals surface area contributed by atoms with E-state index in [0.29, 0.717) is 5.75 Å². The Hall–Kier alpha value is -1.26. The Morgan fingerprint density at radius 3 is 2.83 bits per heavy atom. The van der Waals surface area contributed by atoms with Gasteiger partial charge in [0.05, 0.1) is 20.3 Å². The van der Waals surface area contributed by atoms with Gasteiger partial charge >= 0.3 is 0 Å². The standard InChI is InChI=1S/C14H20O4/c1-16-14-11(5-2-7-12(14)15)6-3-8-13-17-9-4-10-18-13/h2,5,7,13,15H,3-4,6,8-10H2,1H3. The van der Waals surface area contributed by atoms with Gasteiger partial charge in [0.25, 0.3) is 0 Å². The van der Waals surface area contributed by atoms with E-state index in [9.17, 15) is 5.11 Å². The maximum absolute atomic E-state index is 9.67. The van der Waals surface area contributed by atoms with E-state index in [-0.39, 0.29) is 12.0 Å². The lowest BCUT2D eigenvalue weighted by Gasteiger charge is -2.23. The largest absolute Gasteiger partial charge is 0.504 e. The van der Waals surface area contributed by atoms with Crippen molar-refractivity contribution in [2.45, 2.75) is 32.0 Å². The SMILES string of the molecule is COc1c(O)cccc1CCCC1OCCCO1. The van der Waals surface area contributed by atoms with E-state index in [1.165, 1.54) is 0 Å². The normalized spacial score (nSPS) is 16.7.